The number of rotatable bonds is 1. The molecule has 1 aromatic heterocycles. The number of nitrogens with one attached hydrogen (secondary N) is 1. The van der Waals surface area contributed by atoms with Gasteiger partial charge >= 0.3 is 0 Å². The van der Waals surface area contributed by atoms with E-state index < -0.39 is 0 Å². The van der Waals surface area contributed by atoms with Crippen LogP contribution in [0.2, 0.25) is 5.28 Å². The maximum absolute atomic E-state index is 5.65. The van der Waals surface area contributed by atoms with E-state index >= 15 is 0 Å². The molecule has 0 fully saturated rings. The largest absolute Gasteiger partial charge is 0.383 e. The Labute approximate surface area is 75.5 Å². The van der Waals surface area contributed by atoms with Crippen LogP contribution in [0, 0.1) is 0 Å². The zero-order valence-electron chi connectivity index (χ0n) is 6.42. The molecule has 0 atom stereocenters. The topological polar surface area (TPSA) is 37.8 Å². The van der Waals surface area contributed by atoms with Crippen molar-refractivity contribution in [1.82, 2.24) is 15.3 Å². The van der Waals surface area contributed by atoms with Gasteiger partial charge in [0.15, 0.2) is 0 Å². The van der Waals surface area contributed by atoms with Crippen LogP contribution < -0.4 is 5.32 Å². The lowest BCUT2D eigenvalue weighted by molar-refractivity contribution is 0.921. The van der Waals surface area contributed by atoms with E-state index in [2.05, 4.69) is 21.4 Å². The van der Waals surface area contributed by atoms with Crippen LogP contribution in [0.15, 0.2) is 18.3 Å². The van der Waals surface area contributed by atoms with Crippen molar-refractivity contribution in [2.45, 2.75) is 6.42 Å². The van der Waals surface area contributed by atoms with Gasteiger partial charge in [-0.05, 0) is 24.1 Å². The Balaban J connectivity index is 2.33. The first kappa shape index (κ1) is 7.55. The highest BCUT2D eigenvalue weighted by Crippen LogP contribution is 2.14. The van der Waals surface area contributed by atoms with Gasteiger partial charge in [0.25, 0.3) is 0 Å². The third-order valence-corrected chi connectivity index (χ3v) is 1.89. The molecule has 1 N–H and O–H groups in total. The maximum Gasteiger partial charge on any atom is 0.222 e. The first-order valence-electron chi connectivity index (χ1n) is 3.79. The van der Waals surface area contributed by atoms with Gasteiger partial charge in [-0.25, -0.2) is 9.97 Å². The lowest BCUT2D eigenvalue weighted by Gasteiger charge is -2.01. The molecule has 1 aliphatic rings. The van der Waals surface area contributed by atoms with Crippen LogP contribution in [0.25, 0.3) is 5.70 Å². The predicted octanol–water partition coefficient (Wildman–Crippen LogP) is 1.46. The summed E-state index contributed by atoms with van der Waals surface area (Å²) in [4.78, 5) is 7.89. The standard InChI is InChI=1S/C8H8ClN3/c9-8-11-5-3-7(12-8)6-2-1-4-10-6/h2-3,5,10H,1,4H2. The van der Waals surface area contributed by atoms with Crippen molar-refractivity contribution in [2.75, 3.05) is 6.54 Å². The second-order valence-corrected chi connectivity index (χ2v) is 2.88. The molecule has 0 bridgehead atoms. The fraction of sp³-hybridized carbons (Fsp3) is 0.250. The van der Waals surface area contributed by atoms with Crippen LogP contribution in [-0.4, -0.2) is 16.5 Å². The van der Waals surface area contributed by atoms with E-state index in [9.17, 15) is 0 Å². The van der Waals surface area contributed by atoms with Crippen LogP contribution in [-0.2, 0) is 0 Å². The van der Waals surface area contributed by atoms with Crippen LogP contribution >= 0.6 is 11.6 Å². The van der Waals surface area contributed by atoms with Gasteiger partial charge in [0.1, 0.15) is 0 Å². The molecule has 0 saturated heterocycles. The Hall–Kier alpha value is -1.09. The Morgan fingerprint density at radius 3 is 3.08 bits per heavy atom. The summed E-state index contributed by atoms with van der Waals surface area (Å²) in [5, 5.41) is 3.51. The minimum atomic E-state index is 0.294. The van der Waals surface area contributed by atoms with Gasteiger partial charge in [-0.15, -0.1) is 0 Å². The molecule has 0 radical (unpaired) electrons. The van der Waals surface area contributed by atoms with E-state index in [4.69, 9.17) is 11.6 Å². The Kier molecular flexibility index (Phi) is 1.96. The Morgan fingerprint density at radius 1 is 1.50 bits per heavy atom. The molecule has 0 aliphatic carbocycles. The molecule has 0 unspecified atom stereocenters. The molecule has 12 heavy (non-hydrogen) atoms. The van der Waals surface area contributed by atoms with Crippen molar-refractivity contribution in [3.05, 3.63) is 29.3 Å². The molecule has 2 heterocycles. The summed E-state index contributed by atoms with van der Waals surface area (Å²) in [5.74, 6) is 0. The highest BCUT2D eigenvalue weighted by molar-refractivity contribution is 6.28. The highest BCUT2D eigenvalue weighted by atomic mass is 35.5. The fourth-order valence-corrected chi connectivity index (χ4v) is 1.32. The van der Waals surface area contributed by atoms with Gasteiger partial charge < -0.3 is 5.32 Å². The molecule has 0 amide bonds. The van der Waals surface area contributed by atoms with Gasteiger partial charge in [-0.3, -0.25) is 0 Å². The van der Waals surface area contributed by atoms with Crippen LogP contribution in [0.1, 0.15) is 12.1 Å². The van der Waals surface area contributed by atoms with E-state index in [1.54, 1.807) is 6.20 Å². The lowest BCUT2D eigenvalue weighted by atomic mass is 10.3. The maximum atomic E-state index is 5.65. The van der Waals surface area contributed by atoms with Crippen molar-refractivity contribution in [3.63, 3.8) is 0 Å². The highest BCUT2D eigenvalue weighted by Gasteiger charge is 2.07. The molecule has 0 saturated carbocycles. The summed E-state index contributed by atoms with van der Waals surface area (Å²) in [7, 11) is 0. The van der Waals surface area contributed by atoms with Gasteiger partial charge in [-0.2, -0.15) is 0 Å². The molecule has 1 aliphatic heterocycles. The third-order valence-electron chi connectivity index (χ3n) is 1.71. The molecular formula is C8H8ClN3. The van der Waals surface area contributed by atoms with Crippen molar-refractivity contribution >= 4 is 17.3 Å². The smallest absolute Gasteiger partial charge is 0.222 e. The first-order chi connectivity index (χ1) is 5.86. The summed E-state index contributed by atoms with van der Waals surface area (Å²) in [6, 6.07) is 1.84. The van der Waals surface area contributed by atoms with E-state index in [1.165, 1.54) is 0 Å². The zero-order valence-corrected chi connectivity index (χ0v) is 7.17. The van der Waals surface area contributed by atoms with Crippen molar-refractivity contribution in [2.24, 2.45) is 0 Å². The normalized spacial score (nSPS) is 15.6. The lowest BCUT2D eigenvalue weighted by Crippen LogP contribution is -2.07. The number of hydrogen-bond acceptors (Lipinski definition) is 3. The molecule has 2 rings (SSSR count). The van der Waals surface area contributed by atoms with Gasteiger partial charge in [0, 0.05) is 12.7 Å². The second kappa shape index (κ2) is 3.11. The summed E-state index contributed by atoms with van der Waals surface area (Å²) in [6.45, 7) is 0.983. The fourth-order valence-electron chi connectivity index (χ4n) is 1.18. The van der Waals surface area contributed by atoms with Crippen LogP contribution in [0.5, 0.6) is 0 Å². The molecule has 4 heteroatoms. The average Bonchev–Trinajstić information content (AvgIpc) is 2.56. The van der Waals surface area contributed by atoms with E-state index in [0.29, 0.717) is 5.28 Å². The second-order valence-electron chi connectivity index (χ2n) is 2.54. The number of hydrogen-bond donors (Lipinski definition) is 1. The molecule has 0 spiro atoms. The average molecular weight is 182 g/mol. The van der Waals surface area contributed by atoms with E-state index in [-0.39, 0.29) is 0 Å². The third kappa shape index (κ3) is 1.41. The number of aromatic nitrogens is 2. The SMILES string of the molecule is Clc1nccc(C2=CCCN2)n1. The Bertz CT molecular complexity index is 322. The molecule has 62 valence electrons. The summed E-state index contributed by atoms with van der Waals surface area (Å²) in [6.07, 6.45) is 4.82. The van der Waals surface area contributed by atoms with Crippen LogP contribution in [0.3, 0.4) is 0 Å². The van der Waals surface area contributed by atoms with Crippen LogP contribution in [0.4, 0.5) is 0 Å². The van der Waals surface area contributed by atoms with E-state index in [0.717, 1.165) is 24.4 Å². The summed E-state index contributed by atoms with van der Waals surface area (Å²) >= 11 is 5.65. The summed E-state index contributed by atoms with van der Waals surface area (Å²) < 4.78 is 0. The minimum Gasteiger partial charge on any atom is -0.383 e. The van der Waals surface area contributed by atoms with Gasteiger partial charge in [0.05, 0.1) is 11.4 Å². The quantitative estimate of drug-likeness (QED) is 0.667. The summed E-state index contributed by atoms with van der Waals surface area (Å²) in [5.41, 5.74) is 1.92. The number of halogens is 1. The molecule has 1 aromatic rings. The van der Waals surface area contributed by atoms with Crippen molar-refractivity contribution < 1.29 is 0 Å². The van der Waals surface area contributed by atoms with Crippen molar-refractivity contribution in [1.29, 1.82) is 0 Å². The molecule has 3 nitrogen and oxygen atoms in total. The zero-order chi connectivity index (χ0) is 8.39. The van der Waals surface area contributed by atoms with Gasteiger partial charge in [-0.1, -0.05) is 6.08 Å². The molecule has 0 aromatic carbocycles. The van der Waals surface area contributed by atoms with Gasteiger partial charge in [0.2, 0.25) is 5.28 Å². The first-order valence-corrected chi connectivity index (χ1v) is 4.17. The predicted molar refractivity (Wildman–Crippen MR) is 47.6 cm³/mol. The minimum absolute atomic E-state index is 0.294. The van der Waals surface area contributed by atoms with E-state index in [1.807, 2.05) is 6.07 Å². The van der Waals surface area contributed by atoms with Crippen molar-refractivity contribution in [3.8, 4) is 0 Å². The number of nitrogens with zero attached hydrogens (tertiary/aromatic N) is 2. The Morgan fingerprint density at radius 2 is 2.42 bits per heavy atom. The monoisotopic (exact) mass is 181 g/mol. The molecular weight excluding hydrogens is 174 g/mol.